The van der Waals surface area contributed by atoms with Crippen LogP contribution in [0.2, 0.25) is 0 Å². The zero-order valence-corrected chi connectivity index (χ0v) is 14.7. The third-order valence-electron chi connectivity index (χ3n) is 4.51. The fourth-order valence-electron chi connectivity index (χ4n) is 3.14. The molecular weight excluding hydrogens is 348 g/mol. The molecule has 4 aromatic rings. The van der Waals surface area contributed by atoms with Gasteiger partial charge in [-0.15, -0.1) is 15.3 Å². The van der Waals surface area contributed by atoms with Crippen molar-refractivity contribution in [3.05, 3.63) is 47.5 Å². The largest absolute Gasteiger partial charge is 0.352 e. The molecule has 0 unspecified atom stereocenters. The van der Waals surface area contributed by atoms with Crippen molar-refractivity contribution in [2.24, 2.45) is 0 Å². The summed E-state index contributed by atoms with van der Waals surface area (Å²) in [6.45, 7) is 3.53. The minimum Gasteiger partial charge on any atom is -0.352 e. The number of hydrogen-bond acceptors (Lipinski definition) is 8. The summed E-state index contributed by atoms with van der Waals surface area (Å²) in [6, 6.07) is 6.02. The van der Waals surface area contributed by atoms with Crippen molar-refractivity contribution in [1.82, 2.24) is 29.8 Å². The van der Waals surface area contributed by atoms with Gasteiger partial charge in [-0.25, -0.2) is 4.98 Å². The molecule has 26 heavy (non-hydrogen) atoms. The fourth-order valence-corrected chi connectivity index (χ4v) is 3.77. The topological polar surface area (TPSA) is 75.3 Å². The van der Waals surface area contributed by atoms with Crippen LogP contribution in [-0.2, 0) is 0 Å². The van der Waals surface area contributed by atoms with E-state index in [0.717, 1.165) is 54.8 Å². The van der Waals surface area contributed by atoms with Crippen molar-refractivity contribution in [3.63, 3.8) is 0 Å². The van der Waals surface area contributed by atoms with E-state index in [-0.39, 0.29) is 0 Å². The summed E-state index contributed by atoms with van der Waals surface area (Å²) in [5.41, 5.74) is 1.80. The molecule has 0 radical (unpaired) electrons. The highest BCUT2D eigenvalue weighted by Crippen LogP contribution is 2.22. The van der Waals surface area contributed by atoms with Crippen LogP contribution in [0.5, 0.6) is 0 Å². The summed E-state index contributed by atoms with van der Waals surface area (Å²) in [6.07, 6.45) is 5.24. The van der Waals surface area contributed by atoms with Crippen molar-refractivity contribution in [1.29, 1.82) is 0 Å². The number of nitrogens with zero attached hydrogens (tertiary/aromatic N) is 8. The molecule has 4 aromatic heterocycles. The van der Waals surface area contributed by atoms with E-state index in [0.29, 0.717) is 0 Å². The predicted octanol–water partition coefficient (Wildman–Crippen LogP) is 1.97. The predicted molar refractivity (Wildman–Crippen MR) is 101 cm³/mol. The lowest BCUT2D eigenvalue weighted by Crippen LogP contribution is -2.47. The van der Waals surface area contributed by atoms with Gasteiger partial charge in [-0.05, 0) is 23.6 Å². The first kappa shape index (κ1) is 15.2. The van der Waals surface area contributed by atoms with Crippen LogP contribution in [0, 0.1) is 0 Å². The Morgan fingerprint density at radius 1 is 0.885 bits per heavy atom. The van der Waals surface area contributed by atoms with Gasteiger partial charge in [0.15, 0.2) is 11.5 Å². The van der Waals surface area contributed by atoms with Crippen molar-refractivity contribution < 1.29 is 0 Å². The van der Waals surface area contributed by atoms with E-state index in [1.54, 1.807) is 23.7 Å². The molecule has 1 aliphatic heterocycles. The Bertz CT molecular complexity index is 1010. The Kier molecular flexibility index (Phi) is 3.71. The molecule has 0 aromatic carbocycles. The van der Waals surface area contributed by atoms with E-state index >= 15 is 0 Å². The SMILES string of the molecule is c1cnc(N2CCN(c3ccc4nnc(-c5ccsc5)n4n3)CC2)cn1. The lowest BCUT2D eigenvalue weighted by Gasteiger charge is -2.35. The third-order valence-corrected chi connectivity index (χ3v) is 5.19. The van der Waals surface area contributed by atoms with Crippen LogP contribution >= 0.6 is 11.3 Å². The van der Waals surface area contributed by atoms with Crippen LogP contribution in [0.3, 0.4) is 0 Å². The number of piperazine rings is 1. The Morgan fingerprint density at radius 3 is 2.46 bits per heavy atom. The molecule has 1 aliphatic rings. The van der Waals surface area contributed by atoms with Gasteiger partial charge in [-0.1, -0.05) is 0 Å². The van der Waals surface area contributed by atoms with Gasteiger partial charge in [0.05, 0.1) is 6.20 Å². The van der Waals surface area contributed by atoms with Gasteiger partial charge in [-0.3, -0.25) is 4.98 Å². The normalized spacial score (nSPS) is 14.9. The smallest absolute Gasteiger partial charge is 0.186 e. The van der Waals surface area contributed by atoms with Crippen LogP contribution in [0.4, 0.5) is 11.6 Å². The first-order chi connectivity index (χ1) is 12.9. The van der Waals surface area contributed by atoms with Gasteiger partial charge in [0.1, 0.15) is 11.6 Å². The fraction of sp³-hybridized carbons (Fsp3) is 0.235. The maximum absolute atomic E-state index is 4.79. The second-order valence-electron chi connectivity index (χ2n) is 6.03. The molecule has 0 aliphatic carbocycles. The van der Waals surface area contributed by atoms with Crippen LogP contribution in [0.15, 0.2) is 47.5 Å². The molecule has 1 saturated heterocycles. The summed E-state index contributed by atoms with van der Waals surface area (Å²) >= 11 is 1.64. The number of thiophene rings is 1. The highest BCUT2D eigenvalue weighted by molar-refractivity contribution is 7.08. The molecule has 9 heteroatoms. The molecule has 0 bridgehead atoms. The van der Waals surface area contributed by atoms with Crippen molar-refractivity contribution in [3.8, 4) is 11.4 Å². The molecule has 0 spiro atoms. The summed E-state index contributed by atoms with van der Waals surface area (Å²) in [7, 11) is 0. The number of anilines is 2. The molecule has 0 amide bonds. The van der Waals surface area contributed by atoms with Crippen LogP contribution in [0.25, 0.3) is 17.0 Å². The summed E-state index contributed by atoms with van der Waals surface area (Å²) in [4.78, 5) is 13.1. The number of aromatic nitrogens is 6. The summed E-state index contributed by atoms with van der Waals surface area (Å²) < 4.78 is 1.83. The van der Waals surface area contributed by atoms with Gasteiger partial charge in [-0.2, -0.15) is 15.9 Å². The summed E-state index contributed by atoms with van der Waals surface area (Å²) in [5, 5.41) is 17.4. The minimum atomic E-state index is 0.758. The highest BCUT2D eigenvalue weighted by atomic mass is 32.1. The van der Waals surface area contributed by atoms with Crippen LogP contribution < -0.4 is 9.80 Å². The minimum absolute atomic E-state index is 0.758. The molecule has 0 N–H and O–H groups in total. The molecule has 130 valence electrons. The van der Waals surface area contributed by atoms with Gasteiger partial charge in [0.2, 0.25) is 0 Å². The van der Waals surface area contributed by atoms with E-state index in [4.69, 9.17) is 5.10 Å². The van der Waals surface area contributed by atoms with Crippen molar-refractivity contribution in [2.75, 3.05) is 36.0 Å². The molecule has 0 atom stereocenters. The Hall–Kier alpha value is -3.07. The zero-order chi connectivity index (χ0) is 17.3. The first-order valence-electron chi connectivity index (χ1n) is 8.39. The van der Waals surface area contributed by atoms with Gasteiger partial charge >= 0.3 is 0 Å². The zero-order valence-electron chi connectivity index (χ0n) is 13.9. The maximum Gasteiger partial charge on any atom is 0.186 e. The van der Waals surface area contributed by atoms with Crippen molar-refractivity contribution >= 4 is 28.6 Å². The third kappa shape index (κ3) is 2.66. The Morgan fingerprint density at radius 2 is 1.73 bits per heavy atom. The molecule has 0 saturated carbocycles. The quantitative estimate of drug-likeness (QED) is 0.550. The molecule has 8 nitrogen and oxygen atoms in total. The maximum atomic E-state index is 4.79. The van der Waals surface area contributed by atoms with E-state index in [1.807, 2.05) is 34.3 Å². The van der Waals surface area contributed by atoms with E-state index in [9.17, 15) is 0 Å². The van der Waals surface area contributed by atoms with Gasteiger partial charge < -0.3 is 9.80 Å². The molecule has 5 rings (SSSR count). The standard InChI is InChI=1S/C17H16N8S/c1-2-15(22-25-14(1)20-21-17(25)13-3-10-26-12-13)23-6-8-24(9-7-23)16-11-18-4-5-19-16/h1-5,10-12H,6-9H2. The van der Waals surface area contributed by atoms with Crippen molar-refractivity contribution in [2.45, 2.75) is 0 Å². The lowest BCUT2D eigenvalue weighted by molar-refractivity contribution is 0.635. The Balaban J connectivity index is 1.39. The molecular formula is C17H16N8S. The van der Waals surface area contributed by atoms with E-state index < -0.39 is 0 Å². The number of rotatable bonds is 3. The van der Waals surface area contributed by atoms with Gasteiger partial charge in [0.25, 0.3) is 0 Å². The summed E-state index contributed by atoms with van der Waals surface area (Å²) in [5.74, 6) is 2.64. The second-order valence-corrected chi connectivity index (χ2v) is 6.81. The number of fused-ring (bicyclic) bond motifs is 1. The van der Waals surface area contributed by atoms with Crippen LogP contribution in [0.1, 0.15) is 0 Å². The van der Waals surface area contributed by atoms with E-state index in [2.05, 4.69) is 35.3 Å². The first-order valence-corrected chi connectivity index (χ1v) is 9.34. The molecule has 1 fully saturated rings. The Labute approximate surface area is 153 Å². The average Bonchev–Trinajstić information content (AvgIpc) is 3.38. The van der Waals surface area contributed by atoms with Gasteiger partial charge in [0, 0.05) is 49.5 Å². The second kappa shape index (κ2) is 6.34. The highest BCUT2D eigenvalue weighted by Gasteiger charge is 2.20. The average molecular weight is 364 g/mol. The van der Waals surface area contributed by atoms with Crippen LogP contribution in [-0.4, -0.2) is 56.0 Å². The van der Waals surface area contributed by atoms with E-state index in [1.165, 1.54) is 0 Å². The monoisotopic (exact) mass is 364 g/mol. The molecule has 5 heterocycles. The lowest BCUT2D eigenvalue weighted by atomic mass is 10.3. The number of hydrogen-bond donors (Lipinski definition) is 0.